The first kappa shape index (κ1) is 16.9. The molecular formula is C14H21ClN2O3. The molecule has 0 bridgehead atoms. The van der Waals surface area contributed by atoms with E-state index in [-0.39, 0.29) is 31.0 Å². The summed E-state index contributed by atoms with van der Waals surface area (Å²) in [7, 11) is 0. The van der Waals surface area contributed by atoms with E-state index >= 15 is 0 Å². The third-order valence-electron chi connectivity index (χ3n) is 3.18. The zero-order valence-electron chi connectivity index (χ0n) is 11.3. The smallest absolute Gasteiger partial charge is 0.222 e. The van der Waals surface area contributed by atoms with Crippen molar-refractivity contribution in [2.24, 2.45) is 0 Å². The van der Waals surface area contributed by atoms with Gasteiger partial charge in [0.1, 0.15) is 0 Å². The van der Waals surface area contributed by atoms with Crippen LogP contribution in [-0.2, 0) is 22.7 Å². The number of ether oxygens (including phenoxy) is 1. The number of aliphatic hydroxyl groups excluding tert-OH is 1. The lowest BCUT2D eigenvalue weighted by atomic mass is 10.1. The lowest BCUT2D eigenvalue weighted by molar-refractivity contribution is -0.124. The van der Waals surface area contributed by atoms with Crippen LogP contribution in [0, 0.1) is 0 Å². The molecule has 112 valence electrons. The molecule has 1 aliphatic rings. The standard InChI is InChI=1S/C14H20N2O3.ClH/c17-10-12-4-2-1-3-11(12)8-16-14(18)7-13-9-15-5-6-19-13;/h1-4,13,15,17H,5-10H2,(H,16,18);1H. The van der Waals surface area contributed by atoms with Crippen LogP contribution < -0.4 is 10.6 Å². The van der Waals surface area contributed by atoms with Crippen molar-refractivity contribution in [3.63, 3.8) is 0 Å². The van der Waals surface area contributed by atoms with Crippen LogP contribution in [0.25, 0.3) is 0 Å². The molecule has 0 spiro atoms. The molecule has 1 aromatic carbocycles. The molecule has 0 aliphatic carbocycles. The SMILES string of the molecule is Cl.O=C(CC1CNCCO1)NCc1ccccc1CO. The highest BCUT2D eigenvalue weighted by Gasteiger charge is 2.17. The third-order valence-corrected chi connectivity index (χ3v) is 3.18. The van der Waals surface area contributed by atoms with Gasteiger partial charge in [-0.1, -0.05) is 24.3 Å². The van der Waals surface area contributed by atoms with Gasteiger partial charge in [0.15, 0.2) is 0 Å². The monoisotopic (exact) mass is 300 g/mol. The Kier molecular flexibility index (Phi) is 7.54. The van der Waals surface area contributed by atoms with Gasteiger partial charge >= 0.3 is 0 Å². The van der Waals surface area contributed by atoms with Crippen molar-refractivity contribution in [1.29, 1.82) is 0 Å². The first-order chi connectivity index (χ1) is 9.29. The minimum atomic E-state index is -0.0400. The van der Waals surface area contributed by atoms with Gasteiger partial charge in [0.05, 0.1) is 25.7 Å². The maximum Gasteiger partial charge on any atom is 0.222 e. The highest BCUT2D eigenvalue weighted by atomic mass is 35.5. The quantitative estimate of drug-likeness (QED) is 0.744. The topological polar surface area (TPSA) is 70.6 Å². The van der Waals surface area contributed by atoms with Crippen LogP contribution in [0.4, 0.5) is 0 Å². The highest BCUT2D eigenvalue weighted by molar-refractivity contribution is 5.85. The Balaban J connectivity index is 0.00000200. The Labute approximate surface area is 125 Å². The van der Waals surface area contributed by atoms with E-state index < -0.39 is 0 Å². The van der Waals surface area contributed by atoms with Crippen molar-refractivity contribution < 1.29 is 14.6 Å². The molecule has 1 saturated heterocycles. The van der Waals surface area contributed by atoms with E-state index in [1.54, 1.807) is 0 Å². The van der Waals surface area contributed by atoms with Gasteiger partial charge in [-0.3, -0.25) is 4.79 Å². The summed E-state index contributed by atoms with van der Waals surface area (Å²) in [6.07, 6.45) is 0.329. The second-order valence-corrected chi connectivity index (χ2v) is 4.60. The van der Waals surface area contributed by atoms with Gasteiger partial charge in [-0.15, -0.1) is 12.4 Å². The van der Waals surface area contributed by atoms with Crippen molar-refractivity contribution in [1.82, 2.24) is 10.6 Å². The number of halogens is 1. The predicted octanol–water partition coefficient (Wildman–Crippen LogP) is 0.595. The Morgan fingerprint density at radius 1 is 1.40 bits per heavy atom. The van der Waals surface area contributed by atoms with Crippen molar-refractivity contribution in [3.8, 4) is 0 Å². The van der Waals surface area contributed by atoms with Crippen molar-refractivity contribution in [3.05, 3.63) is 35.4 Å². The largest absolute Gasteiger partial charge is 0.392 e. The van der Waals surface area contributed by atoms with Crippen LogP contribution in [-0.4, -0.2) is 36.8 Å². The molecule has 1 aromatic rings. The van der Waals surface area contributed by atoms with E-state index in [2.05, 4.69) is 10.6 Å². The number of nitrogens with one attached hydrogen (secondary N) is 2. The molecule has 0 saturated carbocycles. The van der Waals surface area contributed by atoms with E-state index in [0.717, 1.165) is 24.2 Å². The van der Waals surface area contributed by atoms with E-state index in [1.807, 2.05) is 24.3 Å². The van der Waals surface area contributed by atoms with Gasteiger partial charge in [-0.2, -0.15) is 0 Å². The van der Waals surface area contributed by atoms with Gasteiger partial charge in [-0.05, 0) is 11.1 Å². The van der Waals surface area contributed by atoms with Crippen molar-refractivity contribution >= 4 is 18.3 Å². The van der Waals surface area contributed by atoms with Gasteiger partial charge < -0.3 is 20.5 Å². The molecule has 5 nitrogen and oxygen atoms in total. The van der Waals surface area contributed by atoms with Crippen LogP contribution >= 0.6 is 12.4 Å². The Morgan fingerprint density at radius 3 is 2.80 bits per heavy atom. The lowest BCUT2D eigenvalue weighted by Gasteiger charge is -2.23. The second kappa shape index (κ2) is 8.92. The number of carbonyl (C=O) groups excluding carboxylic acids is 1. The molecule has 6 heteroatoms. The second-order valence-electron chi connectivity index (χ2n) is 4.60. The number of hydrogen-bond donors (Lipinski definition) is 3. The summed E-state index contributed by atoms with van der Waals surface area (Å²) in [6, 6.07) is 7.54. The Bertz CT molecular complexity index is 423. The molecule has 0 aromatic heterocycles. The number of rotatable bonds is 5. The minimum absolute atomic E-state index is 0. The van der Waals surface area contributed by atoms with E-state index in [4.69, 9.17) is 4.74 Å². The molecule has 2 rings (SSSR count). The summed E-state index contributed by atoms with van der Waals surface area (Å²) in [5.41, 5.74) is 1.79. The maximum absolute atomic E-state index is 11.8. The van der Waals surface area contributed by atoms with Crippen molar-refractivity contribution in [2.75, 3.05) is 19.7 Å². The number of hydrogen-bond acceptors (Lipinski definition) is 4. The molecule has 3 N–H and O–H groups in total. The first-order valence-electron chi connectivity index (χ1n) is 6.56. The van der Waals surface area contributed by atoms with Crippen LogP contribution in [0.1, 0.15) is 17.5 Å². The average Bonchev–Trinajstić information content (AvgIpc) is 2.46. The molecule has 1 amide bonds. The summed E-state index contributed by atoms with van der Waals surface area (Å²) < 4.78 is 5.48. The molecular weight excluding hydrogens is 280 g/mol. The van der Waals surface area contributed by atoms with Crippen LogP contribution in [0.5, 0.6) is 0 Å². The maximum atomic E-state index is 11.8. The summed E-state index contributed by atoms with van der Waals surface area (Å²) in [5.74, 6) is -0.0264. The lowest BCUT2D eigenvalue weighted by Crippen LogP contribution is -2.41. The number of amides is 1. The number of benzene rings is 1. The predicted molar refractivity (Wildman–Crippen MR) is 78.7 cm³/mol. The fourth-order valence-electron chi connectivity index (χ4n) is 2.11. The molecule has 1 unspecified atom stereocenters. The number of morpholine rings is 1. The first-order valence-corrected chi connectivity index (χ1v) is 6.56. The normalized spacial score (nSPS) is 18.1. The zero-order chi connectivity index (χ0) is 13.5. The summed E-state index contributed by atoms with van der Waals surface area (Å²) >= 11 is 0. The molecule has 0 radical (unpaired) electrons. The Morgan fingerprint density at radius 2 is 2.15 bits per heavy atom. The third kappa shape index (κ3) is 5.09. The number of carbonyl (C=O) groups is 1. The molecule has 1 atom stereocenters. The Hall–Kier alpha value is -1.14. The van der Waals surface area contributed by atoms with Gasteiger partial charge in [0, 0.05) is 19.6 Å². The minimum Gasteiger partial charge on any atom is -0.392 e. The molecule has 20 heavy (non-hydrogen) atoms. The highest BCUT2D eigenvalue weighted by Crippen LogP contribution is 2.08. The molecule has 1 heterocycles. The fourth-order valence-corrected chi connectivity index (χ4v) is 2.11. The summed E-state index contributed by atoms with van der Waals surface area (Å²) in [4.78, 5) is 11.8. The van der Waals surface area contributed by atoms with E-state index in [9.17, 15) is 9.90 Å². The fraction of sp³-hybridized carbons (Fsp3) is 0.500. The molecule has 1 aliphatic heterocycles. The van der Waals surface area contributed by atoms with Crippen molar-refractivity contribution in [2.45, 2.75) is 25.7 Å². The number of aliphatic hydroxyl groups is 1. The van der Waals surface area contributed by atoms with E-state index in [0.29, 0.717) is 19.6 Å². The van der Waals surface area contributed by atoms with Crippen LogP contribution in [0.15, 0.2) is 24.3 Å². The van der Waals surface area contributed by atoms with Gasteiger partial charge in [-0.25, -0.2) is 0 Å². The van der Waals surface area contributed by atoms with Gasteiger partial charge in [0.25, 0.3) is 0 Å². The van der Waals surface area contributed by atoms with E-state index in [1.165, 1.54) is 0 Å². The summed E-state index contributed by atoms with van der Waals surface area (Å²) in [6.45, 7) is 2.66. The van der Waals surface area contributed by atoms with Gasteiger partial charge in [0.2, 0.25) is 5.91 Å². The average molecular weight is 301 g/mol. The summed E-state index contributed by atoms with van der Waals surface area (Å²) in [5, 5.41) is 15.3. The zero-order valence-corrected chi connectivity index (χ0v) is 12.1. The molecule has 1 fully saturated rings. The van der Waals surface area contributed by atoms with Crippen LogP contribution in [0.3, 0.4) is 0 Å². The van der Waals surface area contributed by atoms with Crippen LogP contribution in [0.2, 0.25) is 0 Å².